The second kappa shape index (κ2) is 6.91. The van der Waals surface area contributed by atoms with Crippen molar-refractivity contribution in [1.29, 1.82) is 0 Å². The Morgan fingerprint density at radius 2 is 1.95 bits per heavy atom. The Morgan fingerprint density at radius 3 is 2.42 bits per heavy atom. The van der Waals surface area contributed by atoms with E-state index in [1.807, 2.05) is 26.1 Å². The summed E-state index contributed by atoms with van der Waals surface area (Å²) in [5.74, 6) is 0. The van der Waals surface area contributed by atoms with Crippen LogP contribution >= 0.6 is 0 Å². The van der Waals surface area contributed by atoms with Crippen LogP contribution in [-0.4, -0.2) is 28.1 Å². The van der Waals surface area contributed by atoms with Crippen molar-refractivity contribution < 1.29 is 4.21 Å². The summed E-state index contributed by atoms with van der Waals surface area (Å²) in [5.41, 5.74) is 6.43. The molecule has 1 aromatic carbocycles. The van der Waals surface area contributed by atoms with Gasteiger partial charge in [0.15, 0.2) is 0 Å². The van der Waals surface area contributed by atoms with E-state index < -0.39 is 9.92 Å². The Labute approximate surface area is 117 Å². The van der Waals surface area contributed by atoms with Crippen LogP contribution in [0.1, 0.15) is 33.6 Å². The van der Waals surface area contributed by atoms with Crippen molar-refractivity contribution >= 4 is 15.6 Å². The highest BCUT2D eigenvalue weighted by atomic mass is 32.2. The van der Waals surface area contributed by atoms with Crippen molar-refractivity contribution in [2.24, 2.45) is 4.36 Å². The van der Waals surface area contributed by atoms with Crippen LogP contribution in [0.15, 0.2) is 33.5 Å². The summed E-state index contributed by atoms with van der Waals surface area (Å²) < 4.78 is 19.7. The summed E-state index contributed by atoms with van der Waals surface area (Å²) in [4.78, 5) is 0.698. The monoisotopic (exact) mass is 283 g/mol. The number of rotatable bonds is 6. The van der Waals surface area contributed by atoms with Gasteiger partial charge in [0.05, 0.1) is 10.9 Å². The zero-order valence-corrected chi connectivity index (χ0v) is 13.1. The molecule has 0 aromatic heterocycles. The molecule has 1 unspecified atom stereocenters. The first-order chi connectivity index (χ1) is 8.97. The molecule has 0 aliphatic carbocycles. The molecule has 0 amide bonds. The Morgan fingerprint density at radius 1 is 1.32 bits per heavy atom. The van der Waals surface area contributed by atoms with E-state index in [1.165, 1.54) is 0 Å². The number of hydrogen-bond donors (Lipinski definition) is 1. The molecule has 2 N–H and O–H groups in total. The molecule has 0 bridgehead atoms. The molecule has 0 saturated carbocycles. The quantitative estimate of drug-likeness (QED) is 0.815. The van der Waals surface area contributed by atoms with Crippen LogP contribution < -0.4 is 5.73 Å². The predicted molar refractivity (Wildman–Crippen MR) is 82.4 cm³/mol. The molecule has 108 valence electrons. The maximum absolute atomic E-state index is 13.3. The fourth-order valence-corrected chi connectivity index (χ4v) is 4.06. The van der Waals surface area contributed by atoms with Crippen molar-refractivity contribution in [2.75, 3.05) is 19.3 Å². The molecule has 0 spiro atoms. The molecular weight excluding hydrogens is 258 g/mol. The Kier molecular flexibility index (Phi) is 5.82. The van der Waals surface area contributed by atoms with Crippen molar-refractivity contribution in [3.05, 3.63) is 24.3 Å². The van der Waals surface area contributed by atoms with Gasteiger partial charge < -0.3 is 5.73 Å². The van der Waals surface area contributed by atoms with Crippen molar-refractivity contribution in [3.63, 3.8) is 0 Å². The summed E-state index contributed by atoms with van der Waals surface area (Å²) in [5, 5.41) is 0. The Bertz CT molecular complexity index is 517. The van der Waals surface area contributed by atoms with Crippen LogP contribution in [0.2, 0.25) is 0 Å². The third kappa shape index (κ3) is 3.70. The standard InChI is InChI=1S/C14H25N3OS/c1-5-13(6-2)16-19(18,17(4)7-3)14-10-8-9-12(15)11-14/h8-11,13H,5-7,15H2,1-4H3. The fraction of sp³-hybridized carbons (Fsp3) is 0.571. The second-order valence-corrected chi connectivity index (χ2v) is 6.89. The van der Waals surface area contributed by atoms with Gasteiger partial charge in [0.1, 0.15) is 9.92 Å². The predicted octanol–water partition coefficient (Wildman–Crippen LogP) is 3.15. The van der Waals surface area contributed by atoms with E-state index in [0.29, 0.717) is 17.1 Å². The van der Waals surface area contributed by atoms with Gasteiger partial charge in [-0.15, -0.1) is 0 Å². The lowest BCUT2D eigenvalue weighted by atomic mass is 10.2. The zero-order valence-electron chi connectivity index (χ0n) is 12.3. The number of benzene rings is 1. The van der Waals surface area contributed by atoms with E-state index in [-0.39, 0.29) is 6.04 Å². The molecule has 4 nitrogen and oxygen atoms in total. The zero-order chi connectivity index (χ0) is 14.5. The maximum atomic E-state index is 13.3. The first kappa shape index (κ1) is 16.0. The highest BCUT2D eigenvalue weighted by Crippen LogP contribution is 2.22. The van der Waals surface area contributed by atoms with E-state index >= 15 is 0 Å². The molecule has 0 saturated heterocycles. The minimum Gasteiger partial charge on any atom is -0.399 e. The van der Waals surface area contributed by atoms with E-state index in [1.54, 1.807) is 16.4 Å². The van der Waals surface area contributed by atoms with Crippen molar-refractivity contribution in [2.45, 2.75) is 44.6 Å². The Balaban J connectivity index is 3.40. The SMILES string of the molecule is CCC(CC)N=S(=O)(c1cccc(N)c1)N(C)CC. The van der Waals surface area contributed by atoms with Gasteiger partial charge in [-0.2, -0.15) is 0 Å². The van der Waals surface area contributed by atoms with Gasteiger partial charge in [0.2, 0.25) is 0 Å². The lowest BCUT2D eigenvalue weighted by molar-refractivity contribution is 0.527. The first-order valence-corrected chi connectivity index (χ1v) is 8.28. The van der Waals surface area contributed by atoms with Crippen LogP contribution in [0.5, 0.6) is 0 Å². The average molecular weight is 283 g/mol. The van der Waals surface area contributed by atoms with Crippen LogP contribution in [0.4, 0.5) is 5.69 Å². The van der Waals surface area contributed by atoms with Gasteiger partial charge in [-0.1, -0.05) is 26.8 Å². The minimum atomic E-state index is -2.56. The van der Waals surface area contributed by atoms with E-state index in [9.17, 15) is 4.21 Å². The highest BCUT2D eigenvalue weighted by Gasteiger charge is 2.19. The molecule has 0 aliphatic rings. The molecule has 0 heterocycles. The number of hydrogen-bond acceptors (Lipinski definition) is 3. The molecule has 1 aromatic rings. The summed E-state index contributed by atoms with van der Waals surface area (Å²) in [7, 11) is -0.719. The van der Waals surface area contributed by atoms with E-state index in [0.717, 1.165) is 12.8 Å². The molecule has 5 heteroatoms. The van der Waals surface area contributed by atoms with E-state index in [4.69, 9.17) is 5.73 Å². The molecule has 0 fully saturated rings. The van der Waals surface area contributed by atoms with Gasteiger partial charge in [0, 0.05) is 19.3 Å². The fourth-order valence-electron chi connectivity index (χ4n) is 1.82. The molecular formula is C14H25N3OS. The van der Waals surface area contributed by atoms with Gasteiger partial charge >= 0.3 is 0 Å². The smallest absolute Gasteiger partial charge is 0.139 e. The average Bonchev–Trinajstić information content (AvgIpc) is 2.43. The lowest BCUT2D eigenvalue weighted by Gasteiger charge is -2.22. The summed E-state index contributed by atoms with van der Waals surface area (Å²) in [6.07, 6.45) is 1.79. The van der Waals surface area contributed by atoms with Gasteiger partial charge in [-0.25, -0.2) is 12.9 Å². The van der Waals surface area contributed by atoms with Crippen LogP contribution in [-0.2, 0) is 9.92 Å². The molecule has 0 radical (unpaired) electrons. The summed E-state index contributed by atoms with van der Waals surface area (Å²) in [6.45, 7) is 6.80. The third-order valence-corrected chi connectivity index (χ3v) is 5.82. The largest absolute Gasteiger partial charge is 0.399 e. The second-order valence-electron chi connectivity index (χ2n) is 4.59. The molecule has 0 aliphatic heterocycles. The topological polar surface area (TPSA) is 58.7 Å². The molecule has 19 heavy (non-hydrogen) atoms. The number of nitrogen functional groups attached to an aromatic ring is 1. The van der Waals surface area contributed by atoms with Gasteiger partial charge in [0.25, 0.3) is 0 Å². The van der Waals surface area contributed by atoms with Gasteiger partial charge in [-0.05, 0) is 31.0 Å². The minimum absolute atomic E-state index is 0.114. The lowest BCUT2D eigenvalue weighted by Crippen LogP contribution is -2.28. The maximum Gasteiger partial charge on any atom is 0.139 e. The number of anilines is 1. The Hall–Kier alpha value is -1.07. The van der Waals surface area contributed by atoms with Gasteiger partial charge in [-0.3, -0.25) is 0 Å². The normalized spacial score (nSPS) is 14.6. The van der Waals surface area contributed by atoms with Crippen LogP contribution in [0, 0.1) is 0 Å². The van der Waals surface area contributed by atoms with Crippen molar-refractivity contribution in [1.82, 2.24) is 4.31 Å². The molecule has 1 atom stereocenters. The molecule has 1 rings (SSSR count). The van der Waals surface area contributed by atoms with E-state index in [2.05, 4.69) is 18.2 Å². The third-order valence-electron chi connectivity index (χ3n) is 3.27. The number of nitrogens with two attached hydrogens (primary N) is 1. The van der Waals surface area contributed by atoms with Crippen molar-refractivity contribution in [3.8, 4) is 0 Å². The van der Waals surface area contributed by atoms with Crippen LogP contribution in [0.25, 0.3) is 0 Å². The summed E-state index contributed by atoms with van der Waals surface area (Å²) >= 11 is 0. The highest BCUT2D eigenvalue weighted by molar-refractivity contribution is 7.91. The number of nitrogens with zero attached hydrogens (tertiary/aromatic N) is 2. The summed E-state index contributed by atoms with van der Waals surface area (Å²) in [6, 6.07) is 7.35. The first-order valence-electron chi connectivity index (χ1n) is 6.81. The van der Waals surface area contributed by atoms with Crippen LogP contribution in [0.3, 0.4) is 0 Å².